The zero-order chi connectivity index (χ0) is 24.9. The summed E-state index contributed by atoms with van der Waals surface area (Å²) in [7, 11) is 0. The van der Waals surface area contributed by atoms with Gasteiger partial charge in [-0.05, 0) is 75.2 Å². The van der Waals surface area contributed by atoms with Crippen LogP contribution in [-0.2, 0) is 4.79 Å². The van der Waals surface area contributed by atoms with Crippen molar-refractivity contribution in [1.29, 1.82) is 0 Å². The Morgan fingerprint density at radius 2 is 1.71 bits per heavy atom. The zero-order valence-corrected chi connectivity index (χ0v) is 20.9. The van der Waals surface area contributed by atoms with E-state index in [-0.39, 0.29) is 5.91 Å². The number of aromatic nitrogens is 3. The molecule has 0 radical (unpaired) electrons. The topological polar surface area (TPSA) is 69.0 Å². The van der Waals surface area contributed by atoms with Gasteiger partial charge in [0.15, 0.2) is 11.0 Å². The summed E-state index contributed by atoms with van der Waals surface area (Å²) in [6.07, 6.45) is 0. The Morgan fingerprint density at radius 1 is 1.03 bits per heavy atom. The number of para-hydroxylation sites is 2. The highest BCUT2D eigenvalue weighted by Crippen LogP contribution is 2.32. The molecule has 1 N–H and O–H groups in total. The predicted molar refractivity (Wildman–Crippen MR) is 138 cm³/mol. The Morgan fingerprint density at radius 3 is 2.37 bits per heavy atom. The van der Waals surface area contributed by atoms with Crippen LogP contribution in [0.1, 0.15) is 25.0 Å². The lowest BCUT2D eigenvalue weighted by Gasteiger charge is -2.16. The molecule has 0 aliphatic rings. The van der Waals surface area contributed by atoms with Crippen LogP contribution in [0.2, 0.25) is 0 Å². The van der Waals surface area contributed by atoms with Crippen LogP contribution in [0.5, 0.6) is 5.75 Å². The van der Waals surface area contributed by atoms with Gasteiger partial charge in [0.05, 0.1) is 17.5 Å². The summed E-state index contributed by atoms with van der Waals surface area (Å²) in [5.41, 5.74) is 3.84. The van der Waals surface area contributed by atoms with Crippen molar-refractivity contribution in [2.45, 2.75) is 38.1 Å². The van der Waals surface area contributed by atoms with Gasteiger partial charge in [-0.3, -0.25) is 9.36 Å². The van der Waals surface area contributed by atoms with Crippen LogP contribution in [0.4, 0.5) is 10.1 Å². The molecule has 0 aliphatic carbocycles. The standard InChI is InChI=1S/C27H27FN4O2S/c1-5-34-21-15-13-20(14-16-21)25-30-31-27(32(25)23-12-7-6-11-22(23)28)35-19(4)26(33)29-24-17(2)9-8-10-18(24)3/h6-16,19H,5H2,1-4H3,(H,29,33). The number of carbonyl (C=O) groups excluding carboxylic acids is 1. The number of nitrogens with one attached hydrogen (secondary N) is 1. The van der Waals surface area contributed by atoms with E-state index in [0.29, 0.717) is 23.3 Å². The number of halogens is 1. The highest BCUT2D eigenvalue weighted by atomic mass is 32.2. The molecular weight excluding hydrogens is 463 g/mol. The minimum Gasteiger partial charge on any atom is -0.494 e. The Labute approximate surface area is 208 Å². The molecule has 4 aromatic rings. The molecule has 1 amide bonds. The number of ether oxygens (including phenoxy) is 1. The third-order valence-corrected chi connectivity index (χ3v) is 6.57. The maximum Gasteiger partial charge on any atom is 0.237 e. The van der Waals surface area contributed by atoms with Crippen LogP contribution < -0.4 is 10.1 Å². The molecule has 1 heterocycles. The van der Waals surface area contributed by atoms with Crippen molar-refractivity contribution >= 4 is 23.4 Å². The minimum absolute atomic E-state index is 0.168. The van der Waals surface area contributed by atoms with Gasteiger partial charge in [0, 0.05) is 11.3 Å². The van der Waals surface area contributed by atoms with Crippen LogP contribution in [0.15, 0.2) is 71.9 Å². The molecule has 0 saturated carbocycles. The van der Waals surface area contributed by atoms with E-state index in [4.69, 9.17) is 4.74 Å². The Balaban J connectivity index is 1.67. The lowest BCUT2D eigenvalue weighted by Crippen LogP contribution is -2.24. The quantitative estimate of drug-likeness (QED) is 0.298. The summed E-state index contributed by atoms with van der Waals surface area (Å²) in [6.45, 7) is 8.19. The molecule has 1 atom stereocenters. The Bertz CT molecular complexity index is 1320. The first-order chi connectivity index (χ1) is 16.9. The summed E-state index contributed by atoms with van der Waals surface area (Å²) in [4.78, 5) is 13.0. The number of amides is 1. The molecule has 35 heavy (non-hydrogen) atoms. The van der Waals surface area contributed by atoms with E-state index in [2.05, 4.69) is 15.5 Å². The third-order valence-electron chi connectivity index (χ3n) is 5.53. The van der Waals surface area contributed by atoms with Gasteiger partial charge in [-0.2, -0.15) is 0 Å². The van der Waals surface area contributed by atoms with Gasteiger partial charge in [0.25, 0.3) is 0 Å². The molecule has 1 unspecified atom stereocenters. The zero-order valence-electron chi connectivity index (χ0n) is 20.1. The van der Waals surface area contributed by atoms with Crippen LogP contribution in [0, 0.1) is 19.7 Å². The molecule has 0 spiro atoms. The molecule has 0 bridgehead atoms. The van der Waals surface area contributed by atoms with E-state index in [1.54, 1.807) is 29.7 Å². The molecule has 0 aliphatic heterocycles. The van der Waals surface area contributed by atoms with Crippen molar-refractivity contribution in [3.05, 3.63) is 83.7 Å². The van der Waals surface area contributed by atoms with Gasteiger partial charge in [-0.15, -0.1) is 10.2 Å². The summed E-state index contributed by atoms with van der Waals surface area (Å²) in [5.74, 6) is 0.634. The maximum atomic E-state index is 14.9. The Kier molecular flexibility index (Phi) is 7.51. The van der Waals surface area contributed by atoms with Gasteiger partial charge < -0.3 is 10.1 Å². The fourth-order valence-corrected chi connectivity index (χ4v) is 4.56. The second-order valence-corrected chi connectivity index (χ2v) is 9.37. The summed E-state index contributed by atoms with van der Waals surface area (Å²) < 4.78 is 22.1. The van der Waals surface area contributed by atoms with Gasteiger partial charge >= 0.3 is 0 Å². The van der Waals surface area contributed by atoms with E-state index >= 15 is 0 Å². The third kappa shape index (κ3) is 5.38. The number of hydrogen-bond acceptors (Lipinski definition) is 5. The average molecular weight is 491 g/mol. The van der Waals surface area contributed by atoms with Gasteiger partial charge in [0.1, 0.15) is 11.6 Å². The number of carbonyl (C=O) groups is 1. The number of anilines is 1. The summed E-state index contributed by atoms with van der Waals surface area (Å²) >= 11 is 1.23. The van der Waals surface area contributed by atoms with Crippen LogP contribution in [0.3, 0.4) is 0 Å². The monoisotopic (exact) mass is 490 g/mol. The van der Waals surface area contributed by atoms with Crippen LogP contribution in [0.25, 0.3) is 17.1 Å². The van der Waals surface area contributed by atoms with Crippen molar-refractivity contribution in [3.63, 3.8) is 0 Å². The largest absolute Gasteiger partial charge is 0.494 e. The smallest absolute Gasteiger partial charge is 0.237 e. The molecule has 1 aromatic heterocycles. The minimum atomic E-state index is -0.503. The molecular formula is C27H27FN4O2S. The number of thioether (sulfide) groups is 1. The molecule has 180 valence electrons. The second-order valence-electron chi connectivity index (χ2n) is 8.07. The van der Waals surface area contributed by atoms with E-state index in [9.17, 15) is 9.18 Å². The van der Waals surface area contributed by atoms with E-state index in [1.165, 1.54) is 17.8 Å². The van der Waals surface area contributed by atoms with Crippen LogP contribution >= 0.6 is 11.8 Å². The SMILES string of the molecule is CCOc1ccc(-c2nnc(SC(C)C(=O)Nc3c(C)cccc3C)n2-c2ccccc2F)cc1. The first-order valence-corrected chi connectivity index (χ1v) is 12.2. The van der Waals surface area contributed by atoms with E-state index in [1.807, 2.05) is 63.2 Å². The van der Waals surface area contributed by atoms with E-state index < -0.39 is 11.1 Å². The van der Waals surface area contributed by atoms with Gasteiger partial charge in [-0.1, -0.05) is 42.1 Å². The molecule has 0 saturated heterocycles. The Hall–Kier alpha value is -3.65. The molecule has 3 aromatic carbocycles. The lowest BCUT2D eigenvalue weighted by atomic mass is 10.1. The highest BCUT2D eigenvalue weighted by Gasteiger charge is 2.24. The van der Waals surface area contributed by atoms with Crippen molar-refractivity contribution in [2.75, 3.05) is 11.9 Å². The number of nitrogens with zero attached hydrogens (tertiary/aromatic N) is 3. The molecule has 4 rings (SSSR count). The second kappa shape index (κ2) is 10.7. The van der Waals surface area contributed by atoms with Gasteiger partial charge in [0.2, 0.25) is 5.91 Å². The predicted octanol–water partition coefficient (Wildman–Crippen LogP) is 6.21. The fraction of sp³-hybridized carbons (Fsp3) is 0.222. The first kappa shape index (κ1) is 24.5. The molecule has 6 nitrogen and oxygen atoms in total. The number of benzene rings is 3. The average Bonchev–Trinajstić information content (AvgIpc) is 3.25. The van der Waals surface area contributed by atoms with Crippen molar-refractivity contribution < 1.29 is 13.9 Å². The van der Waals surface area contributed by atoms with E-state index in [0.717, 1.165) is 28.1 Å². The number of aryl methyl sites for hydroxylation is 2. The summed E-state index contributed by atoms with van der Waals surface area (Å²) in [5, 5.41) is 11.6. The number of rotatable bonds is 8. The van der Waals surface area contributed by atoms with Crippen LogP contribution in [-0.4, -0.2) is 32.5 Å². The van der Waals surface area contributed by atoms with Crippen molar-refractivity contribution in [1.82, 2.24) is 14.8 Å². The van der Waals surface area contributed by atoms with Crippen molar-refractivity contribution in [2.24, 2.45) is 0 Å². The maximum absolute atomic E-state index is 14.9. The van der Waals surface area contributed by atoms with Crippen molar-refractivity contribution in [3.8, 4) is 22.8 Å². The number of hydrogen-bond donors (Lipinski definition) is 1. The molecule has 0 fully saturated rings. The fourth-order valence-electron chi connectivity index (χ4n) is 3.70. The normalized spacial score (nSPS) is 11.8. The van der Waals surface area contributed by atoms with Gasteiger partial charge in [-0.25, -0.2) is 4.39 Å². The lowest BCUT2D eigenvalue weighted by molar-refractivity contribution is -0.115. The molecule has 8 heteroatoms. The summed E-state index contributed by atoms with van der Waals surface area (Å²) in [6, 6.07) is 19.7. The first-order valence-electron chi connectivity index (χ1n) is 11.4. The highest BCUT2D eigenvalue weighted by molar-refractivity contribution is 8.00.